The molecular formula is C22H24ClN3O3. The van der Waals surface area contributed by atoms with Crippen LogP contribution in [0.15, 0.2) is 41.7 Å². The number of aromatic nitrogens is 1. The molecule has 0 bridgehead atoms. The maximum Gasteiger partial charge on any atom is 0.253 e. The number of rotatable bonds is 6. The minimum Gasteiger partial charge on any atom is -0.477 e. The molecule has 2 aliphatic carbocycles. The number of nitrogens with one attached hydrogen (secondary N) is 1. The molecule has 0 saturated heterocycles. The van der Waals surface area contributed by atoms with Crippen molar-refractivity contribution in [3.63, 3.8) is 0 Å². The summed E-state index contributed by atoms with van der Waals surface area (Å²) in [6.45, 7) is 0.636. The lowest BCUT2D eigenvalue weighted by molar-refractivity contribution is 0.0943. The highest BCUT2D eigenvalue weighted by Crippen LogP contribution is 2.33. The van der Waals surface area contributed by atoms with Crippen molar-refractivity contribution in [3.8, 4) is 17.0 Å². The topological polar surface area (TPSA) is 83.8 Å². The average Bonchev–Trinajstić information content (AvgIpc) is 3.58. The molecule has 4 rings (SSSR count). The van der Waals surface area contributed by atoms with E-state index in [2.05, 4.69) is 15.5 Å². The molecule has 0 spiro atoms. The lowest BCUT2D eigenvalue weighted by Gasteiger charge is -2.24. The summed E-state index contributed by atoms with van der Waals surface area (Å²) in [7, 11) is 0. The van der Waals surface area contributed by atoms with Crippen LogP contribution in [0.25, 0.3) is 11.1 Å². The third-order valence-corrected chi connectivity index (χ3v) is 5.68. The molecule has 1 aromatic carbocycles. The fourth-order valence-electron chi connectivity index (χ4n) is 3.52. The second kappa shape index (κ2) is 8.82. The van der Waals surface area contributed by atoms with E-state index in [1.807, 2.05) is 12.1 Å². The molecule has 1 aromatic heterocycles. The lowest BCUT2D eigenvalue weighted by atomic mass is 9.93. The first-order chi connectivity index (χ1) is 14.1. The number of halogens is 1. The Balaban J connectivity index is 1.58. The summed E-state index contributed by atoms with van der Waals surface area (Å²) < 4.78 is 5.94. The van der Waals surface area contributed by atoms with Crippen molar-refractivity contribution >= 4 is 23.2 Å². The SMILES string of the molecule is O=C(N[C@H]1CCCC/C1=N\O)c1cnc(OCC2CC2)c(-c2ccc(Cl)cc2)c1. The number of nitrogens with zero attached hydrogens (tertiary/aromatic N) is 2. The van der Waals surface area contributed by atoms with E-state index in [4.69, 9.17) is 16.3 Å². The first-order valence-electron chi connectivity index (χ1n) is 10.0. The number of hydrogen-bond donors (Lipinski definition) is 2. The van der Waals surface area contributed by atoms with Gasteiger partial charge in [0, 0.05) is 16.8 Å². The normalized spacial score (nSPS) is 20.4. The van der Waals surface area contributed by atoms with Gasteiger partial charge in [0.2, 0.25) is 5.88 Å². The van der Waals surface area contributed by atoms with E-state index >= 15 is 0 Å². The molecule has 2 N–H and O–H groups in total. The Morgan fingerprint density at radius 3 is 2.76 bits per heavy atom. The van der Waals surface area contributed by atoms with E-state index in [-0.39, 0.29) is 11.9 Å². The van der Waals surface area contributed by atoms with Crippen LogP contribution in [0, 0.1) is 5.92 Å². The molecule has 0 aliphatic heterocycles. The lowest BCUT2D eigenvalue weighted by Crippen LogP contribution is -2.42. The van der Waals surface area contributed by atoms with E-state index in [9.17, 15) is 10.0 Å². The summed E-state index contributed by atoms with van der Waals surface area (Å²) >= 11 is 6.02. The first-order valence-corrected chi connectivity index (χ1v) is 10.4. The molecule has 1 atom stereocenters. The molecule has 1 amide bonds. The van der Waals surface area contributed by atoms with Gasteiger partial charge in [0.15, 0.2) is 0 Å². The maximum atomic E-state index is 12.8. The van der Waals surface area contributed by atoms with Crippen LogP contribution in [-0.4, -0.2) is 34.5 Å². The minimum atomic E-state index is -0.244. The summed E-state index contributed by atoms with van der Waals surface area (Å²) in [4.78, 5) is 17.3. The van der Waals surface area contributed by atoms with Crippen molar-refractivity contribution in [1.29, 1.82) is 0 Å². The van der Waals surface area contributed by atoms with Gasteiger partial charge in [-0.1, -0.05) is 35.3 Å². The van der Waals surface area contributed by atoms with Crippen LogP contribution in [0.2, 0.25) is 5.02 Å². The fraction of sp³-hybridized carbons (Fsp3) is 0.409. The van der Waals surface area contributed by atoms with Gasteiger partial charge in [0.1, 0.15) is 0 Å². The van der Waals surface area contributed by atoms with Crippen molar-refractivity contribution in [2.45, 2.75) is 44.6 Å². The molecule has 2 aromatic rings. The third-order valence-electron chi connectivity index (χ3n) is 5.43. The van der Waals surface area contributed by atoms with E-state index in [0.717, 1.165) is 30.4 Å². The van der Waals surface area contributed by atoms with Gasteiger partial charge in [-0.15, -0.1) is 0 Å². The standard InChI is InChI=1S/C22H24ClN3O3/c23-17-9-7-15(8-10-17)18-11-16(12-24-22(18)29-13-14-5-6-14)21(27)25-19-3-1-2-4-20(19)26-28/h7-12,14,19,28H,1-6,13H2,(H,25,27)/b26-20+/t19-/m0/s1. The molecule has 7 heteroatoms. The second-order valence-electron chi connectivity index (χ2n) is 7.70. The van der Waals surface area contributed by atoms with Gasteiger partial charge in [-0.2, -0.15) is 0 Å². The van der Waals surface area contributed by atoms with Crippen LogP contribution in [0.1, 0.15) is 48.9 Å². The molecular weight excluding hydrogens is 390 g/mol. The quantitative estimate of drug-likeness (QED) is 0.531. The molecule has 2 saturated carbocycles. The van der Waals surface area contributed by atoms with E-state index < -0.39 is 0 Å². The summed E-state index contributed by atoms with van der Waals surface area (Å²) in [5.41, 5.74) is 2.71. The van der Waals surface area contributed by atoms with Crippen LogP contribution in [0.3, 0.4) is 0 Å². The molecule has 6 nitrogen and oxygen atoms in total. The maximum absolute atomic E-state index is 12.8. The number of benzene rings is 1. The number of hydrogen-bond acceptors (Lipinski definition) is 5. The Labute approximate surface area is 174 Å². The van der Waals surface area contributed by atoms with Crippen LogP contribution in [0.4, 0.5) is 0 Å². The highest BCUT2D eigenvalue weighted by molar-refractivity contribution is 6.30. The van der Waals surface area contributed by atoms with Crippen LogP contribution >= 0.6 is 11.6 Å². The molecule has 29 heavy (non-hydrogen) atoms. The number of ether oxygens (including phenoxy) is 1. The molecule has 0 unspecified atom stereocenters. The van der Waals surface area contributed by atoms with Crippen molar-refractivity contribution in [3.05, 3.63) is 47.1 Å². The summed E-state index contributed by atoms with van der Waals surface area (Å²) in [6.07, 6.45) is 7.34. The zero-order chi connectivity index (χ0) is 20.2. The van der Waals surface area contributed by atoms with Crippen LogP contribution < -0.4 is 10.1 Å². The molecule has 152 valence electrons. The van der Waals surface area contributed by atoms with E-state index in [0.29, 0.717) is 41.1 Å². The van der Waals surface area contributed by atoms with E-state index in [1.54, 1.807) is 18.2 Å². The third kappa shape index (κ3) is 4.88. The zero-order valence-corrected chi connectivity index (χ0v) is 16.9. The van der Waals surface area contributed by atoms with E-state index in [1.165, 1.54) is 19.0 Å². The summed E-state index contributed by atoms with van der Waals surface area (Å²) in [6, 6.07) is 8.95. The number of pyridine rings is 1. The van der Waals surface area contributed by atoms with Crippen molar-refractivity contribution in [2.24, 2.45) is 11.1 Å². The second-order valence-corrected chi connectivity index (χ2v) is 8.14. The monoisotopic (exact) mass is 413 g/mol. The number of amides is 1. The summed E-state index contributed by atoms with van der Waals surface area (Å²) in [5, 5.41) is 16.2. The molecule has 0 radical (unpaired) electrons. The van der Waals surface area contributed by atoms with Crippen molar-refractivity contribution < 1.29 is 14.7 Å². The van der Waals surface area contributed by atoms with Crippen molar-refractivity contribution in [1.82, 2.24) is 10.3 Å². The van der Waals surface area contributed by atoms with Crippen LogP contribution in [0.5, 0.6) is 5.88 Å². The van der Waals surface area contributed by atoms with Gasteiger partial charge >= 0.3 is 0 Å². The highest BCUT2D eigenvalue weighted by Gasteiger charge is 2.25. The Kier molecular flexibility index (Phi) is 6.00. The van der Waals surface area contributed by atoms with Gasteiger partial charge in [-0.3, -0.25) is 4.79 Å². The van der Waals surface area contributed by atoms with Crippen molar-refractivity contribution in [2.75, 3.05) is 6.61 Å². The smallest absolute Gasteiger partial charge is 0.253 e. The Bertz CT molecular complexity index is 910. The largest absolute Gasteiger partial charge is 0.477 e. The van der Waals surface area contributed by atoms with Gasteiger partial charge in [0.05, 0.1) is 23.9 Å². The minimum absolute atomic E-state index is 0.241. The van der Waals surface area contributed by atoms with Gasteiger partial charge < -0.3 is 15.3 Å². The number of oxime groups is 1. The van der Waals surface area contributed by atoms with Crippen LogP contribution in [-0.2, 0) is 0 Å². The first kappa shape index (κ1) is 19.7. The van der Waals surface area contributed by atoms with Gasteiger partial charge in [-0.25, -0.2) is 4.98 Å². The Morgan fingerprint density at radius 2 is 2.03 bits per heavy atom. The predicted molar refractivity (Wildman–Crippen MR) is 112 cm³/mol. The average molecular weight is 414 g/mol. The molecule has 2 fully saturated rings. The zero-order valence-electron chi connectivity index (χ0n) is 16.1. The van der Waals surface area contributed by atoms with Gasteiger partial charge in [-0.05, 0) is 61.8 Å². The Morgan fingerprint density at radius 1 is 1.24 bits per heavy atom. The highest BCUT2D eigenvalue weighted by atomic mass is 35.5. The van der Waals surface area contributed by atoms with Gasteiger partial charge in [0.25, 0.3) is 5.91 Å². The number of carbonyl (C=O) groups excluding carboxylic acids is 1. The Hall–Kier alpha value is -2.60. The predicted octanol–water partition coefficient (Wildman–Crippen LogP) is 4.69. The summed E-state index contributed by atoms with van der Waals surface area (Å²) in [5.74, 6) is 0.876. The number of carbonyl (C=O) groups is 1. The fourth-order valence-corrected chi connectivity index (χ4v) is 3.65. The molecule has 1 heterocycles. The molecule has 2 aliphatic rings.